The van der Waals surface area contributed by atoms with E-state index in [0.717, 1.165) is 11.1 Å². The highest BCUT2D eigenvalue weighted by molar-refractivity contribution is 6.28. The molecule has 0 unspecified atom stereocenters. The molecule has 0 spiro atoms. The third-order valence-corrected chi connectivity index (χ3v) is 6.14. The number of halogens is 1. The molecule has 2 amide bonds. The van der Waals surface area contributed by atoms with Crippen molar-refractivity contribution in [2.75, 3.05) is 18.1 Å². The van der Waals surface area contributed by atoms with Gasteiger partial charge >= 0.3 is 12.2 Å². The van der Waals surface area contributed by atoms with Crippen molar-refractivity contribution < 1.29 is 23.8 Å². The van der Waals surface area contributed by atoms with Crippen molar-refractivity contribution >= 4 is 35.1 Å². The van der Waals surface area contributed by atoms with Gasteiger partial charge in [-0.15, -0.1) is 5.10 Å². The van der Waals surface area contributed by atoms with Crippen LogP contribution in [0.3, 0.4) is 0 Å². The Morgan fingerprint density at radius 2 is 1.82 bits per heavy atom. The van der Waals surface area contributed by atoms with Gasteiger partial charge in [-0.1, -0.05) is 30.3 Å². The number of aromatic nitrogens is 3. The molecule has 1 N–H and O–H groups in total. The van der Waals surface area contributed by atoms with Crippen molar-refractivity contribution in [1.82, 2.24) is 19.9 Å². The van der Waals surface area contributed by atoms with Gasteiger partial charge in [-0.25, -0.2) is 14.1 Å². The van der Waals surface area contributed by atoms with Crippen LogP contribution in [0.25, 0.3) is 5.52 Å². The average Bonchev–Trinajstić information content (AvgIpc) is 3.24. The predicted molar refractivity (Wildman–Crippen MR) is 148 cm³/mol. The van der Waals surface area contributed by atoms with Crippen molar-refractivity contribution in [3.8, 4) is 0 Å². The van der Waals surface area contributed by atoms with E-state index in [-0.39, 0.29) is 23.8 Å². The smallest absolute Gasteiger partial charge is 0.416 e. The molecular formula is C28H36ClN5O5. The maximum atomic E-state index is 13.4. The first-order valence-electron chi connectivity index (χ1n) is 13.0. The third-order valence-electron chi connectivity index (χ3n) is 5.98. The second-order valence-corrected chi connectivity index (χ2v) is 11.9. The molecule has 0 saturated carbocycles. The fraction of sp³-hybridized carbons (Fsp3) is 0.500. The lowest BCUT2D eigenvalue weighted by Gasteiger charge is -2.32. The number of benzene rings is 1. The van der Waals surface area contributed by atoms with Gasteiger partial charge in [0.2, 0.25) is 5.28 Å². The topological polar surface area (TPSA) is 107 Å². The van der Waals surface area contributed by atoms with E-state index >= 15 is 0 Å². The first-order chi connectivity index (χ1) is 18.3. The van der Waals surface area contributed by atoms with Crippen LogP contribution in [0.5, 0.6) is 0 Å². The molecule has 0 aliphatic carbocycles. The van der Waals surface area contributed by atoms with Gasteiger partial charge in [0, 0.05) is 24.8 Å². The normalized spacial score (nSPS) is 18.0. The number of carbonyl (C=O) groups excluding carboxylic acids is 2. The van der Waals surface area contributed by atoms with Crippen molar-refractivity contribution in [2.45, 2.75) is 77.7 Å². The number of rotatable bonds is 5. The second-order valence-electron chi connectivity index (χ2n) is 11.6. The molecule has 39 heavy (non-hydrogen) atoms. The summed E-state index contributed by atoms with van der Waals surface area (Å²) in [5.41, 5.74) is 0.994. The molecule has 3 aromatic rings. The number of fused-ring (bicyclic) bond motifs is 1. The lowest BCUT2D eigenvalue weighted by Crippen LogP contribution is -2.46. The number of anilines is 1. The second kappa shape index (κ2) is 11.4. The van der Waals surface area contributed by atoms with Crippen LogP contribution in [0.4, 0.5) is 15.4 Å². The highest BCUT2D eigenvalue weighted by Crippen LogP contribution is 2.32. The Morgan fingerprint density at radius 1 is 1.13 bits per heavy atom. The van der Waals surface area contributed by atoms with Gasteiger partial charge < -0.3 is 19.5 Å². The number of nitrogens with one attached hydrogen (secondary N) is 1. The summed E-state index contributed by atoms with van der Waals surface area (Å²) in [6.07, 6.45) is 1.40. The Balaban J connectivity index is 1.72. The summed E-state index contributed by atoms with van der Waals surface area (Å²) in [6, 6.07) is 11.2. The molecular weight excluding hydrogens is 522 g/mol. The molecule has 1 saturated heterocycles. The molecule has 0 bridgehead atoms. The van der Waals surface area contributed by atoms with E-state index < -0.39 is 23.4 Å². The summed E-state index contributed by atoms with van der Waals surface area (Å²) in [5.74, 6) is 0.136. The number of carbonyl (C=O) groups is 2. The largest absolute Gasteiger partial charge is 0.444 e. The number of ether oxygens (including phenoxy) is 3. The zero-order valence-corrected chi connectivity index (χ0v) is 24.0. The molecule has 1 aliphatic rings. The first-order valence-corrected chi connectivity index (χ1v) is 13.3. The molecule has 2 aromatic heterocycles. The third kappa shape index (κ3) is 7.60. The van der Waals surface area contributed by atoms with Crippen LogP contribution in [-0.2, 0) is 20.8 Å². The predicted octanol–water partition coefficient (Wildman–Crippen LogP) is 5.72. The first kappa shape index (κ1) is 28.6. The van der Waals surface area contributed by atoms with E-state index in [4.69, 9.17) is 25.8 Å². The molecule has 0 radical (unpaired) electrons. The van der Waals surface area contributed by atoms with E-state index in [9.17, 15) is 9.59 Å². The number of amides is 2. The SMILES string of the molecule is CC(C)(C)OC(=O)N[C@H]1CCOC[C@@H]1c1cc2c(N(Cc3ccccc3)C(=O)OC(C)(C)C)nc(Cl)nn2c1. The molecule has 1 aliphatic heterocycles. The Kier molecular flexibility index (Phi) is 8.37. The molecule has 1 aromatic carbocycles. The van der Waals surface area contributed by atoms with Crippen LogP contribution < -0.4 is 10.2 Å². The van der Waals surface area contributed by atoms with Crippen LogP contribution >= 0.6 is 11.6 Å². The molecule has 1 fully saturated rings. The minimum atomic E-state index is -0.716. The van der Waals surface area contributed by atoms with Gasteiger partial charge in [0.1, 0.15) is 16.7 Å². The molecule has 210 valence electrons. The quantitative estimate of drug-likeness (QED) is 0.427. The lowest BCUT2D eigenvalue weighted by atomic mass is 9.90. The van der Waals surface area contributed by atoms with Gasteiger partial charge in [0.15, 0.2) is 5.82 Å². The summed E-state index contributed by atoms with van der Waals surface area (Å²) < 4.78 is 18.6. The standard InChI is InChI=1S/C28H36ClN5O5/c1-27(2,3)38-25(35)30-21-12-13-37-17-20(21)19-14-22-23(31-24(29)32-34(22)16-19)33(26(36)39-28(4,5)6)15-18-10-8-7-9-11-18/h7-11,14,16,20-21H,12-13,15,17H2,1-6H3,(H,30,35)/t20-,21+/m1/s1. The number of hydrogen-bond acceptors (Lipinski definition) is 7. The van der Waals surface area contributed by atoms with Crippen molar-refractivity contribution in [1.29, 1.82) is 0 Å². The van der Waals surface area contributed by atoms with Gasteiger partial charge in [-0.05, 0) is 76.8 Å². The Labute approximate surface area is 233 Å². The highest BCUT2D eigenvalue weighted by atomic mass is 35.5. The Hall–Kier alpha value is -3.37. The fourth-order valence-corrected chi connectivity index (χ4v) is 4.55. The van der Waals surface area contributed by atoms with Crippen molar-refractivity contribution in [3.63, 3.8) is 0 Å². The van der Waals surface area contributed by atoms with Crippen LogP contribution in [0.15, 0.2) is 42.6 Å². The highest BCUT2D eigenvalue weighted by Gasteiger charge is 2.33. The average molecular weight is 558 g/mol. The molecule has 11 heteroatoms. The summed E-state index contributed by atoms with van der Waals surface area (Å²) in [6.45, 7) is 12.0. The zero-order valence-electron chi connectivity index (χ0n) is 23.2. The van der Waals surface area contributed by atoms with Gasteiger partial charge in [-0.2, -0.15) is 4.98 Å². The van der Waals surface area contributed by atoms with E-state index in [2.05, 4.69) is 15.4 Å². The Morgan fingerprint density at radius 3 is 2.49 bits per heavy atom. The summed E-state index contributed by atoms with van der Waals surface area (Å²) in [7, 11) is 0. The minimum Gasteiger partial charge on any atom is -0.444 e. The minimum absolute atomic E-state index is 0.0235. The number of alkyl carbamates (subject to hydrolysis) is 1. The van der Waals surface area contributed by atoms with E-state index in [1.54, 1.807) is 4.52 Å². The fourth-order valence-electron chi connectivity index (χ4n) is 4.39. The summed E-state index contributed by atoms with van der Waals surface area (Å²) in [4.78, 5) is 31.9. The van der Waals surface area contributed by atoms with Crippen LogP contribution in [0.2, 0.25) is 5.28 Å². The number of nitrogens with zero attached hydrogens (tertiary/aromatic N) is 4. The molecule has 4 rings (SSSR count). The van der Waals surface area contributed by atoms with E-state index in [1.807, 2.05) is 84.1 Å². The maximum absolute atomic E-state index is 13.4. The molecule has 2 atom stereocenters. The van der Waals surface area contributed by atoms with Gasteiger partial charge in [0.25, 0.3) is 0 Å². The summed E-state index contributed by atoms with van der Waals surface area (Å²) >= 11 is 6.34. The van der Waals surface area contributed by atoms with Gasteiger partial charge in [0.05, 0.1) is 13.2 Å². The lowest BCUT2D eigenvalue weighted by molar-refractivity contribution is 0.0333. The monoisotopic (exact) mass is 557 g/mol. The van der Waals surface area contributed by atoms with E-state index in [1.165, 1.54) is 4.90 Å². The van der Waals surface area contributed by atoms with Crippen LogP contribution in [-0.4, -0.2) is 57.2 Å². The number of hydrogen-bond donors (Lipinski definition) is 1. The maximum Gasteiger partial charge on any atom is 0.416 e. The van der Waals surface area contributed by atoms with E-state index in [0.29, 0.717) is 31.0 Å². The van der Waals surface area contributed by atoms with Crippen LogP contribution in [0.1, 0.15) is 65.0 Å². The molecule has 10 nitrogen and oxygen atoms in total. The van der Waals surface area contributed by atoms with Crippen LogP contribution in [0, 0.1) is 0 Å². The Bertz CT molecular complexity index is 1320. The van der Waals surface area contributed by atoms with Crippen molar-refractivity contribution in [2.24, 2.45) is 0 Å². The molecule has 3 heterocycles. The summed E-state index contributed by atoms with van der Waals surface area (Å²) in [5, 5.41) is 7.32. The van der Waals surface area contributed by atoms with Gasteiger partial charge in [-0.3, -0.25) is 4.90 Å². The zero-order chi connectivity index (χ0) is 28.4. The van der Waals surface area contributed by atoms with Crippen molar-refractivity contribution in [3.05, 3.63) is 59.0 Å².